The van der Waals surface area contributed by atoms with Crippen molar-refractivity contribution < 1.29 is 0 Å². The summed E-state index contributed by atoms with van der Waals surface area (Å²) < 4.78 is 0. The van der Waals surface area contributed by atoms with Gasteiger partial charge in [0, 0.05) is 0 Å². The Kier molecular flexibility index (Phi) is 3.24. The van der Waals surface area contributed by atoms with E-state index in [0.29, 0.717) is 0 Å². The van der Waals surface area contributed by atoms with E-state index in [9.17, 15) is 0 Å². The molecule has 2 atom stereocenters. The van der Waals surface area contributed by atoms with Crippen LogP contribution in [0.1, 0.15) is 45.4 Å². The van der Waals surface area contributed by atoms with Crippen LogP contribution in [0.3, 0.4) is 0 Å². The summed E-state index contributed by atoms with van der Waals surface area (Å²) >= 11 is 0. The summed E-state index contributed by atoms with van der Waals surface area (Å²) in [6.07, 6.45) is 8.39. The minimum Gasteiger partial charge on any atom is -0.0625 e. The molecule has 0 spiro atoms. The first-order valence-electron chi connectivity index (χ1n) is 4.62. The van der Waals surface area contributed by atoms with Gasteiger partial charge in [0.1, 0.15) is 0 Å². The van der Waals surface area contributed by atoms with Gasteiger partial charge in [-0.1, -0.05) is 46.0 Å². The molecule has 1 aliphatic rings. The van der Waals surface area contributed by atoms with Gasteiger partial charge in [-0.15, -0.1) is 0 Å². The van der Waals surface area contributed by atoms with Crippen molar-refractivity contribution in [2.45, 2.75) is 45.4 Å². The number of hydrogen-bond donors (Lipinski definition) is 0. The molecule has 1 saturated carbocycles. The van der Waals surface area contributed by atoms with Crippen molar-refractivity contribution in [3.8, 4) is 0 Å². The van der Waals surface area contributed by atoms with Crippen molar-refractivity contribution in [3.63, 3.8) is 0 Å². The van der Waals surface area contributed by atoms with Gasteiger partial charge in [-0.2, -0.15) is 0 Å². The predicted octanol–water partition coefficient (Wildman–Crippen LogP) is 3.43. The van der Waals surface area contributed by atoms with Crippen molar-refractivity contribution in [1.29, 1.82) is 0 Å². The van der Waals surface area contributed by atoms with Crippen LogP contribution in [0.5, 0.6) is 0 Å². The first-order valence-corrected chi connectivity index (χ1v) is 4.62. The van der Waals surface area contributed by atoms with Crippen molar-refractivity contribution in [2.24, 2.45) is 11.8 Å². The van der Waals surface area contributed by atoms with Crippen LogP contribution in [0.15, 0.2) is 0 Å². The summed E-state index contributed by atoms with van der Waals surface area (Å²) in [7, 11) is 0. The second-order valence-corrected chi connectivity index (χ2v) is 3.78. The molecule has 0 heterocycles. The molecule has 1 aliphatic carbocycles. The third-order valence-electron chi connectivity index (χ3n) is 2.70. The summed E-state index contributed by atoms with van der Waals surface area (Å²) in [5.41, 5.74) is 0. The highest BCUT2D eigenvalue weighted by molar-refractivity contribution is 4.69. The molecule has 2 unspecified atom stereocenters. The molecule has 0 aromatic heterocycles. The zero-order valence-corrected chi connectivity index (χ0v) is 7.10. The molecule has 0 bridgehead atoms. The predicted molar refractivity (Wildman–Crippen MR) is 45.7 cm³/mol. The molecule has 1 fully saturated rings. The van der Waals surface area contributed by atoms with Crippen molar-refractivity contribution in [2.75, 3.05) is 0 Å². The van der Waals surface area contributed by atoms with Gasteiger partial charge in [0.25, 0.3) is 0 Å². The maximum absolute atomic E-state index is 3.99. The first kappa shape index (κ1) is 8.10. The van der Waals surface area contributed by atoms with E-state index < -0.39 is 0 Å². The Balaban J connectivity index is 2.30. The van der Waals surface area contributed by atoms with Gasteiger partial charge in [0.15, 0.2) is 0 Å². The fourth-order valence-electron chi connectivity index (χ4n) is 1.99. The summed E-state index contributed by atoms with van der Waals surface area (Å²) in [5, 5.41) is 0. The molecule has 0 nitrogen and oxygen atoms in total. The summed E-state index contributed by atoms with van der Waals surface area (Å²) in [6.45, 7) is 6.37. The van der Waals surface area contributed by atoms with Crippen LogP contribution in [0.4, 0.5) is 0 Å². The Morgan fingerprint density at radius 1 is 1.30 bits per heavy atom. The lowest BCUT2D eigenvalue weighted by Crippen LogP contribution is -2.01. The monoisotopic (exact) mass is 139 g/mol. The highest BCUT2D eigenvalue weighted by atomic mass is 14.2. The Bertz CT molecular complexity index is 86.0. The Morgan fingerprint density at radius 2 is 2.00 bits per heavy atom. The molecule has 10 heavy (non-hydrogen) atoms. The molecule has 1 radical (unpaired) electrons. The van der Waals surface area contributed by atoms with Crippen LogP contribution in [-0.2, 0) is 0 Å². The molecule has 59 valence electrons. The molecule has 0 N–H and O–H groups in total. The standard InChI is InChI=1S/C10H19/c1-3-10-7-5-4-6-9(2)8-10/h9-10H,1,3-8H2,2H3. The van der Waals surface area contributed by atoms with Crippen LogP contribution in [0.25, 0.3) is 0 Å². The van der Waals surface area contributed by atoms with Crippen molar-refractivity contribution in [1.82, 2.24) is 0 Å². The second-order valence-electron chi connectivity index (χ2n) is 3.78. The highest BCUT2D eigenvalue weighted by Crippen LogP contribution is 2.28. The van der Waals surface area contributed by atoms with Gasteiger partial charge in [0.05, 0.1) is 0 Å². The lowest BCUT2D eigenvalue weighted by molar-refractivity contribution is 0.398. The average Bonchev–Trinajstić information content (AvgIpc) is 2.13. The van der Waals surface area contributed by atoms with E-state index in [0.717, 1.165) is 18.3 Å². The van der Waals surface area contributed by atoms with E-state index in [1.165, 1.54) is 32.1 Å². The number of rotatable bonds is 1. The first-order chi connectivity index (χ1) is 4.83. The van der Waals surface area contributed by atoms with E-state index in [4.69, 9.17) is 0 Å². The fourth-order valence-corrected chi connectivity index (χ4v) is 1.99. The van der Waals surface area contributed by atoms with Gasteiger partial charge in [-0.3, -0.25) is 0 Å². The van der Waals surface area contributed by atoms with E-state index in [1.807, 2.05) is 0 Å². The Hall–Kier alpha value is 0. The van der Waals surface area contributed by atoms with Crippen LogP contribution in [0.2, 0.25) is 0 Å². The lowest BCUT2D eigenvalue weighted by Gasteiger charge is -2.13. The third-order valence-corrected chi connectivity index (χ3v) is 2.70. The molecule has 0 aromatic rings. The summed E-state index contributed by atoms with van der Waals surface area (Å²) in [5.74, 6) is 1.91. The SMILES string of the molecule is [CH2]CC1CCCCC(C)C1. The molecular weight excluding hydrogens is 120 g/mol. The van der Waals surface area contributed by atoms with Gasteiger partial charge in [0.2, 0.25) is 0 Å². The quantitative estimate of drug-likeness (QED) is 0.488. The van der Waals surface area contributed by atoms with E-state index in [1.54, 1.807) is 0 Å². The van der Waals surface area contributed by atoms with Gasteiger partial charge in [-0.25, -0.2) is 0 Å². The van der Waals surface area contributed by atoms with Gasteiger partial charge < -0.3 is 0 Å². The average molecular weight is 139 g/mol. The maximum atomic E-state index is 3.99. The molecule has 0 amide bonds. The summed E-state index contributed by atoms with van der Waals surface area (Å²) in [6, 6.07) is 0. The van der Waals surface area contributed by atoms with Crippen LogP contribution in [0, 0.1) is 18.8 Å². The number of hydrogen-bond acceptors (Lipinski definition) is 0. The van der Waals surface area contributed by atoms with E-state index in [2.05, 4.69) is 13.8 Å². The highest BCUT2D eigenvalue weighted by Gasteiger charge is 2.14. The second kappa shape index (κ2) is 4.00. The lowest BCUT2D eigenvalue weighted by atomic mass is 9.93. The van der Waals surface area contributed by atoms with Gasteiger partial charge in [-0.05, 0) is 18.3 Å². The normalized spacial score (nSPS) is 35.4. The largest absolute Gasteiger partial charge is 0.0625 e. The van der Waals surface area contributed by atoms with Crippen LogP contribution < -0.4 is 0 Å². The van der Waals surface area contributed by atoms with Crippen molar-refractivity contribution >= 4 is 0 Å². The topological polar surface area (TPSA) is 0 Å². The minimum absolute atomic E-state index is 0.942. The van der Waals surface area contributed by atoms with Crippen LogP contribution in [-0.4, -0.2) is 0 Å². The molecule has 0 aliphatic heterocycles. The summed E-state index contributed by atoms with van der Waals surface area (Å²) in [4.78, 5) is 0. The fraction of sp³-hybridized carbons (Fsp3) is 0.900. The smallest absolute Gasteiger partial charge is 0.0412 e. The molecule has 1 rings (SSSR count). The Labute approximate surface area is 65.0 Å². The third kappa shape index (κ3) is 2.32. The molecule has 0 heteroatoms. The van der Waals surface area contributed by atoms with E-state index >= 15 is 0 Å². The Morgan fingerprint density at radius 3 is 2.70 bits per heavy atom. The van der Waals surface area contributed by atoms with E-state index in [-0.39, 0.29) is 0 Å². The zero-order chi connectivity index (χ0) is 7.40. The zero-order valence-electron chi connectivity index (χ0n) is 7.10. The van der Waals surface area contributed by atoms with Gasteiger partial charge >= 0.3 is 0 Å². The van der Waals surface area contributed by atoms with Crippen LogP contribution >= 0.6 is 0 Å². The molecule has 0 saturated heterocycles. The maximum Gasteiger partial charge on any atom is -0.0412 e. The molecule has 0 aromatic carbocycles. The minimum atomic E-state index is 0.942. The van der Waals surface area contributed by atoms with Crippen molar-refractivity contribution in [3.05, 3.63) is 6.92 Å². The molecular formula is C10H19.